The molecule has 0 atom stereocenters. The fraction of sp³-hybridized carbons (Fsp3) is 0.0417. The molecule has 0 saturated carbocycles. The van der Waals surface area contributed by atoms with Gasteiger partial charge in [-0.2, -0.15) is 5.10 Å². The second-order valence-corrected chi connectivity index (χ2v) is 7.39. The molecule has 30 heavy (non-hydrogen) atoms. The predicted molar refractivity (Wildman–Crippen MR) is 125 cm³/mol. The highest BCUT2D eigenvalue weighted by Gasteiger charge is 2.08. The molecule has 5 nitrogen and oxygen atoms in total. The van der Waals surface area contributed by atoms with E-state index < -0.39 is 0 Å². The van der Waals surface area contributed by atoms with Gasteiger partial charge in [0.25, 0.3) is 0 Å². The molecular formula is C24H19BrN4O. The number of ether oxygens (including phenoxy) is 1. The first-order valence-electron chi connectivity index (χ1n) is 9.35. The zero-order valence-electron chi connectivity index (χ0n) is 16.3. The van der Waals surface area contributed by atoms with Crippen LogP contribution in [0.5, 0.6) is 5.75 Å². The van der Waals surface area contributed by atoms with Gasteiger partial charge in [-0.25, -0.2) is 15.4 Å². The zero-order chi connectivity index (χ0) is 20.8. The Kier molecular flexibility index (Phi) is 6.15. The third kappa shape index (κ3) is 4.90. The van der Waals surface area contributed by atoms with Gasteiger partial charge in [-0.05, 0) is 48.0 Å². The monoisotopic (exact) mass is 458 g/mol. The summed E-state index contributed by atoms with van der Waals surface area (Å²) in [5.41, 5.74) is 7.56. The van der Waals surface area contributed by atoms with E-state index in [9.17, 15) is 0 Å². The van der Waals surface area contributed by atoms with E-state index in [2.05, 4.69) is 36.4 Å². The van der Waals surface area contributed by atoms with Crippen molar-refractivity contribution < 1.29 is 4.74 Å². The summed E-state index contributed by atoms with van der Waals surface area (Å²) in [7, 11) is 1.64. The lowest BCUT2D eigenvalue weighted by atomic mass is 10.1. The average molecular weight is 459 g/mol. The molecular weight excluding hydrogens is 440 g/mol. The molecule has 1 aromatic heterocycles. The SMILES string of the molecule is COc1ccc(/C=N/Nc2nc(-c3ccccc3)cc(-c3ccc(Br)cc3)n2)cc1. The van der Waals surface area contributed by atoms with E-state index in [1.807, 2.05) is 84.9 Å². The van der Waals surface area contributed by atoms with Crippen LogP contribution in [0.25, 0.3) is 22.5 Å². The van der Waals surface area contributed by atoms with E-state index in [1.54, 1.807) is 13.3 Å². The van der Waals surface area contributed by atoms with E-state index in [0.29, 0.717) is 5.95 Å². The number of hydrazone groups is 1. The van der Waals surface area contributed by atoms with Crippen molar-refractivity contribution in [2.24, 2.45) is 5.10 Å². The Bertz CT molecular complexity index is 1140. The smallest absolute Gasteiger partial charge is 0.244 e. The highest BCUT2D eigenvalue weighted by atomic mass is 79.9. The number of benzene rings is 3. The Hall–Kier alpha value is -3.51. The van der Waals surface area contributed by atoms with Crippen molar-refractivity contribution in [3.63, 3.8) is 0 Å². The third-order valence-electron chi connectivity index (χ3n) is 4.43. The zero-order valence-corrected chi connectivity index (χ0v) is 17.9. The van der Waals surface area contributed by atoms with Gasteiger partial charge in [0, 0.05) is 15.6 Å². The summed E-state index contributed by atoms with van der Waals surface area (Å²) in [4.78, 5) is 9.29. The molecule has 0 aliphatic heterocycles. The Balaban J connectivity index is 1.64. The summed E-state index contributed by atoms with van der Waals surface area (Å²) in [6.07, 6.45) is 1.72. The van der Waals surface area contributed by atoms with Crippen LogP contribution in [-0.2, 0) is 0 Å². The van der Waals surface area contributed by atoms with Gasteiger partial charge in [0.05, 0.1) is 24.7 Å². The molecule has 0 unspecified atom stereocenters. The van der Waals surface area contributed by atoms with Crippen LogP contribution in [0.1, 0.15) is 5.56 Å². The van der Waals surface area contributed by atoms with Crippen LogP contribution in [0.2, 0.25) is 0 Å². The molecule has 6 heteroatoms. The highest BCUT2D eigenvalue weighted by Crippen LogP contribution is 2.26. The van der Waals surface area contributed by atoms with Crippen LogP contribution >= 0.6 is 15.9 Å². The number of hydrogen-bond donors (Lipinski definition) is 1. The molecule has 4 rings (SSSR count). The molecule has 0 saturated heterocycles. The Labute approximate surface area is 183 Å². The van der Waals surface area contributed by atoms with Crippen molar-refractivity contribution in [2.45, 2.75) is 0 Å². The van der Waals surface area contributed by atoms with Gasteiger partial charge in [-0.15, -0.1) is 0 Å². The van der Waals surface area contributed by atoms with Crippen LogP contribution in [-0.4, -0.2) is 23.3 Å². The molecule has 0 amide bonds. The van der Waals surface area contributed by atoms with E-state index >= 15 is 0 Å². The number of nitrogens with one attached hydrogen (secondary N) is 1. The molecule has 0 radical (unpaired) electrons. The summed E-state index contributed by atoms with van der Waals surface area (Å²) >= 11 is 3.48. The molecule has 0 aliphatic rings. The number of rotatable bonds is 6. The van der Waals surface area contributed by atoms with Gasteiger partial charge >= 0.3 is 0 Å². The molecule has 1 heterocycles. The normalized spacial score (nSPS) is 10.9. The van der Waals surface area contributed by atoms with E-state index in [1.165, 1.54) is 0 Å². The van der Waals surface area contributed by atoms with Crippen LogP contribution in [0.3, 0.4) is 0 Å². The maximum absolute atomic E-state index is 5.18. The Morgan fingerprint density at radius 2 is 1.47 bits per heavy atom. The number of nitrogens with zero attached hydrogens (tertiary/aromatic N) is 3. The molecule has 0 spiro atoms. The van der Waals surface area contributed by atoms with Crippen LogP contribution in [0.15, 0.2) is 94.5 Å². The fourth-order valence-corrected chi connectivity index (χ4v) is 3.14. The topological polar surface area (TPSA) is 59.4 Å². The Morgan fingerprint density at radius 3 is 2.10 bits per heavy atom. The van der Waals surface area contributed by atoms with Gasteiger partial charge in [0.2, 0.25) is 5.95 Å². The lowest BCUT2D eigenvalue weighted by Crippen LogP contribution is -2.00. The second kappa shape index (κ2) is 9.33. The van der Waals surface area contributed by atoms with E-state index in [-0.39, 0.29) is 0 Å². The number of hydrogen-bond acceptors (Lipinski definition) is 5. The maximum Gasteiger partial charge on any atom is 0.244 e. The quantitative estimate of drug-likeness (QED) is 0.283. The lowest BCUT2D eigenvalue weighted by molar-refractivity contribution is 0.415. The summed E-state index contributed by atoms with van der Waals surface area (Å²) in [6.45, 7) is 0. The average Bonchev–Trinajstić information content (AvgIpc) is 2.80. The minimum absolute atomic E-state index is 0.430. The van der Waals surface area contributed by atoms with Crippen molar-refractivity contribution >= 4 is 28.1 Å². The van der Waals surface area contributed by atoms with E-state index in [0.717, 1.165) is 38.3 Å². The van der Waals surface area contributed by atoms with Crippen molar-refractivity contribution in [3.8, 4) is 28.3 Å². The number of methoxy groups -OCH3 is 1. The molecule has 1 N–H and O–H groups in total. The van der Waals surface area contributed by atoms with Gasteiger partial charge < -0.3 is 4.74 Å². The Morgan fingerprint density at radius 1 is 0.833 bits per heavy atom. The van der Waals surface area contributed by atoms with Crippen molar-refractivity contribution in [1.29, 1.82) is 0 Å². The third-order valence-corrected chi connectivity index (χ3v) is 4.96. The first-order chi connectivity index (χ1) is 14.7. The van der Waals surface area contributed by atoms with E-state index in [4.69, 9.17) is 4.74 Å². The predicted octanol–water partition coefficient (Wildman–Crippen LogP) is 6.03. The molecule has 148 valence electrons. The molecule has 0 aliphatic carbocycles. The fourth-order valence-electron chi connectivity index (χ4n) is 2.88. The van der Waals surface area contributed by atoms with Crippen molar-refractivity contribution in [2.75, 3.05) is 12.5 Å². The molecule has 4 aromatic rings. The summed E-state index contributed by atoms with van der Waals surface area (Å²) in [5, 5.41) is 4.30. The first kappa shape index (κ1) is 19.8. The second-order valence-electron chi connectivity index (χ2n) is 6.48. The first-order valence-corrected chi connectivity index (χ1v) is 10.1. The minimum Gasteiger partial charge on any atom is -0.497 e. The summed E-state index contributed by atoms with van der Waals surface area (Å²) < 4.78 is 6.20. The molecule has 0 bridgehead atoms. The number of halogens is 1. The summed E-state index contributed by atoms with van der Waals surface area (Å²) in [6, 6.07) is 27.7. The lowest BCUT2D eigenvalue weighted by Gasteiger charge is -2.08. The minimum atomic E-state index is 0.430. The van der Waals surface area contributed by atoms with Gasteiger partial charge in [-0.3, -0.25) is 0 Å². The van der Waals surface area contributed by atoms with Crippen LogP contribution in [0, 0.1) is 0 Å². The maximum atomic E-state index is 5.18. The van der Waals surface area contributed by atoms with Gasteiger partial charge in [-0.1, -0.05) is 58.4 Å². The summed E-state index contributed by atoms with van der Waals surface area (Å²) in [5.74, 6) is 1.23. The number of anilines is 1. The largest absolute Gasteiger partial charge is 0.497 e. The standard InChI is InChI=1S/C24H19BrN4O/c1-30-21-13-7-17(8-14-21)16-26-29-24-27-22(18-5-3-2-4-6-18)15-23(28-24)19-9-11-20(25)12-10-19/h2-16H,1H3,(H,27,28,29)/b26-16+. The van der Waals surface area contributed by atoms with Crippen molar-refractivity contribution in [1.82, 2.24) is 9.97 Å². The number of aromatic nitrogens is 2. The van der Waals surface area contributed by atoms with Crippen LogP contribution in [0.4, 0.5) is 5.95 Å². The van der Waals surface area contributed by atoms with Crippen molar-refractivity contribution in [3.05, 3.63) is 95.0 Å². The highest BCUT2D eigenvalue weighted by molar-refractivity contribution is 9.10. The molecule has 3 aromatic carbocycles. The van der Waals surface area contributed by atoms with Gasteiger partial charge in [0.1, 0.15) is 5.75 Å². The van der Waals surface area contributed by atoms with Crippen LogP contribution < -0.4 is 10.2 Å². The van der Waals surface area contributed by atoms with Gasteiger partial charge in [0.15, 0.2) is 0 Å². The molecule has 0 fully saturated rings.